The van der Waals surface area contributed by atoms with Crippen LogP contribution in [0.5, 0.6) is 5.75 Å². The second kappa shape index (κ2) is 7.37. The largest absolute Gasteiger partial charge is 0.495 e. The fourth-order valence-electron chi connectivity index (χ4n) is 4.47. The average molecular weight is 417 g/mol. The van der Waals surface area contributed by atoms with E-state index in [0.29, 0.717) is 15.5 Å². The monoisotopic (exact) mass is 416 g/mol. The first-order chi connectivity index (χ1) is 13.5. The van der Waals surface area contributed by atoms with Gasteiger partial charge in [-0.25, -0.2) is 4.39 Å². The third-order valence-corrected chi connectivity index (χ3v) is 6.44. The SMILES string of the molecule is CCC1(c2ccc(Cl)c(OC)c2)CCCc2[nH]c(=S)n(-c3ccc(F)cc3)c21. The molecule has 1 aromatic heterocycles. The summed E-state index contributed by atoms with van der Waals surface area (Å²) in [6.45, 7) is 2.20. The number of imidazole rings is 1. The number of H-pyrrole nitrogens is 1. The Bertz CT molecular complexity index is 1070. The van der Waals surface area contributed by atoms with Crippen LogP contribution in [-0.4, -0.2) is 16.7 Å². The lowest BCUT2D eigenvalue weighted by Gasteiger charge is -2.38. The lowest BCUT2D eigenvalue weighted by molar-refractivity contribution is 0.387. The van der Waals surface area contributed by atoms with E-state index < -0.39 is 0 Å². The number of ether oxygens (including phenoxy) is 1. The number of hydrogen-bond acceptors (Lipinski definition) is 2. The fraction of sp³-hybridized carbons (Fsp3) is 0.318. The van der Waals surface area contributed by atoms with E-state index in [9.17, 15) is 4.39 Å². The van der Waals surface area contributed by atoms with Gasteiger partial charge in [0.2, 0.25) is 0 Å². The van der Waals surface area contributed by atoms with E-state index in [-0.39, 0.29) is 11.2 Å². The molecule has 1 aliphatic rings. The Morgan fingerprint density at radius 1 is 1.25 bits per heavy atom. The first-order valence-corrected chi connectivity index (χ1v) is 10.2. The van der Waals surface area contributed by atoms with Crippen molar-refractivity contribution in [3.63, 3.8) is 0 Å². The fourth-order valence-corrected chi connectivity index (χ4v) is 4.99. The van der Waals surface area contributed by atoms with Gasteiger partial charge in [-0.3, -0.25) is 4.57 Å². The van der Waals surface area contributed by atoms with Gasteiger partial charge in [-0.15, -0.1) is 0 Å². The van der Waals surface area contributed by atoms with E-state index in [1.807, 2.05) is 12.1 Å². The van der Waals surface area contributed by atoms with Crippen LogP contribution in [0.3, 0.4) is 0 Å². The predicted octanol–water partition coefficient (Wildman–Crippen LogP) is 6.37. The lowest BCUT2D eigenvalue weighted by Crippen LogP contribution is -2.34. The number of hydrogen-bond donors (Lipinski definition) is 1. The molecule has 0 radical (unpaired) electrons. The summed E-state index contributed by atoms with van der Waals surface area (Å²) in [5, 5.41) is 0.595. The first-order valence-electron chi connectivity index (χ1n) is 9.44. The number of fused-ring (bicyclic) bond motifs is 1. The summed E-state index contributed by atoms with van der Waals surface area (Å²) in [6, 6.07) is 12.5. The normalized spacial score (nSPS) is 18.7. The van der Waals surface area contributed by atoms with Crippen molar-refractivity contribution in [2.24, 2.45) is 0 Å². The highest BCUT2D eigenvalue weighted by molar-refractivity contribution is 7.71. The van der Waals surface area contributed by atoms with Crippen LogP contribution in [0.1, 0.15) is 43.1 Å². The summed E-state index contributed by atoms with van der Waals surface area (Å²) in [5.74, 6) is 0.408. The maximum absolute atomic E-state index is 13.5. The van der Waals surface area contributed by atoms with Crippen molar-refractivity contribution in [3.8, 4) is 11.4 Å². The molecule has 0 amide bonds. The lowest BCUT2D eigenvalue weighted by atomic mass is 9.68. The molecule has 1 unspecified atom stereocenters. The Labute approximate surface area is 174 Å². The van der Waals surface area contributed by atoms with E-state index in [0.717, 1.165) is 48.3 Å². The summed E-state index contributed by atoms with van der Waals surface area (Å²) in [5.41, 5.74) is 4.10. The molecule has 0 spiro atoms. The van der Waals surface area contributed by atoms with Gasteiger partial charge in [0, 0.05) is 16.8 Å². The van der Waals surface area contributed by atoms with E-state index in [1.54, 1.807) is 19.2 Å². The smallest absolute Gasteiger partial charge is 0.182 e. The topological polar surface area (TPSA) is 29.9 Å². The van der Waals surface area contributed by atoms with E-state index in [4.69, 9.17) is 28.6 Å². The Hall–Kier alpha value is -2.11. The van der Waals surface area contributed by atoms with Gasteiger partial charge < -0.3 is 9.72 Å². The molecule has 0 aliphatic heterocycles. The summed E-state index contributed by atoms with van der Waals surface area (Å²) in [7, 11) is 1.63. The highest BCUT2D eigenvalue weighted by atomic mass is 35.5. The minimum absolute atomic E-state index is 0.229. The average Bonchev–Trinajstić information content (AvgIpc) is 3.05. The first kappa shape index (κ1) is 19.2. The van der Waals surface area contributed by atoms with Crippen LogP contribution in [0.2, 0.25) is 5.02 Å². The zero-order valence-corrected chi connectivity index (χ0v) is 17.5. The molecular formula is C22H22ClFN2OS. The van der Waals surface area contributed by atoms with Gasteiger partial charge in [-0.1, -0.05) is 24.6 Å². The molecule has 2 aromatic carbocycles. The van der Waals surface area contributed by atoms with Crippen molar-refractivity contribution in [1.82, 2.24) is 9.55 Å². The third kappa shape index (κ3) is 2.97. The highest BCUT2D eigenvalue weighted by Gasteiger charge is 2.41. The number of halogens is 2. The number of aromatic amines is 1. The predicted molar refractivity (Wildman–Crippen MR) is 113 cm³/mol. The van der Waals surface area contributed by atoms with E-state index in [1.165, 1.54) is 12.1 Å². The molecule has 1 N–H and O–H groups in total. The second-order valence-corrected chi connectivity index (χ2v) is 8.00. The molecule has 0 saturated carbocycles. The van der Waals surface area contributed by atoms with Crippen LogP contribution in [0, 0.1) is 10.6 Å². The quantitative estimate of drug-likeness (QED) is 0.501. The molecule has 0 saturated heterocycles. The number of nitrogens with one attached hydrogen (secondary N) is 1. The molecule has 0 fully saturated rings. The Morgan fingerprint density at radius 3 is 2.68 bits per heavy atom. The van der Waals surface area contributed by atoms with Crippen molar-refractivity contribution >= 4 is 23.8 Å². The van der Waals surface area contributed by atoms with Gasteiger partial charge in [-0.05, 0) is 79.9 Å². The minimum atomic E-state index is -0.260. The van der Waals surface area contributed by atoms with Gasteiger partial charge in [0.15, 0.2) is 4.77 Å². The van der Waals surface area contributed by atoms with Crippen molar-refractivity contribution in [1.29, 1.82) is 0 Å². The standard InChI is InChI=1S/C22H22ClFN2OS/c1-3-22(14-6-11-17(23)19(13-14)27-2)12-4-5-18-20(22)26(21(28)25-18)16-9-7-15(24)8-10-16/h6-11,13H,3-5,12H2,1-2H3,(H,25,28). The molecule has 4 rings (SSSR count). The van der Waals surface area contributed by atoms with Crippen LogP contribution < -0.4 is 4.74 Å². The molecule has 3 nitrogen and oxygen atoms in total. The zero-order valence-electron chi connectivity index (χ0n) is 15.9. The number of methoxy groups -OCH3 is 1. The van der Waals surface area contributed by atoms with Crippen LogP contribution in [0.25, 0.3) is 5.69 Å². The second-order valence-electron chi connectivity index (χ2n) is 7.21. The van der Waals surface area contributed by atoms with Crippen molar-refractivity contribution in [2.45, 2.75) is 38.0 Å². The summed E-state index contributed by atoms with van der Waals surface area (Å²) in [4.78, 5) is 3.40. The Kier molecular flexibility index (Phi) is 5.06. The van der Waals surface area contributed by atoms with E-state index in [2.05, 4.69) is 22.5 Å². The molecule has 0 bridgehead atoms. The highest BCUT2D eigenvalue weighted by Crippen LogP contribution is 2.47. The summed E-state index contributed by atoms with van der Waals surface area (Å²) in [6.07, 6.45) is 3.90. The van der Waals surface area contributed by atoms with Crippen LogP contribution in [-0.2, 0) is 11.8 Å². The number of aromatic nitrogens is 2. The molecule has 146 valence electrons. The van der Waals surface area contributed by atoms with Gasteiger partial charge in [0.1, 0.15) is 11.6 Å². The van der Waals surface area contributed by atoms with Crippen LogP contribution in [0.15, 0.2) is 42.5 Å². The molecule has 28 heavy (non-hydrogen) atoms. The maximum Gasteiger partial charge on any atom is 0.182 e. The third-order valence-electron chi connectivity index (χ3n) is 5.85. The molecule has 3 aromatic rings. The summed E-state index contributed by atoms with van der Waals surface area (Å²) < 4.78 is 21.7. The van der Waals surface area contributed by atoms with Gasteiger partial charge in [-0.2, -0.15) is 0 Å². The van der Waals surface area contributed by atoms with Crippen molar-refractivity contribution in [3.05, 3.63) is 75.0 Å². The van der Waals surface area contributed by atoms with Crippen LogP contribution in [0.4, 0.5) is 4.39 Å². The number of nitrogens with zero attached hydrogens (tertiary/aromatic N) is 1. The molecule has 1 atom stereocenters. The summed E-state index contributed by atoms with van der Waals surface area (Å²) >= 11 is 12.0. The zero-order chi connectivity index (χ0) is 19.9. The van der Waals surface area contributed by atoms with Crippen molar-refractivity contribution in [2.75, 3.05) is 7.11 Å². The van der Waals surface area contributed by atoms with E-state index >= 15 is 0 Å². The molecule has 6 heteroatoms. The van der Waals surface area contributed by atoms with Gasteiger partial charge >= 0.3 is 0 Å². The number of rotatable bonds is 4. The van der Waals surface area contributed by atoms with Crippen LogP contribution >= 0.6 is 23.8 Å². The minimum Gasteiger partial charge on any atom is -0.495 e. The maximum atomic E-state index is 13.5. The number of benzene rings is 2. The van der Waals surface area contributed by atoms with Gasteiger partial charge in [0.25, 0.3) is 0 Å². The van der Waals surface area contributed by atoms with Crippen molar-refractivity contribution < 1.29 is 9.13 Å². The molecular weight excluding hydrogens is 395 g/mol. The van der Waals surface area contributed by atoms with Gasteiger partial charge in [0.05, 0.1) is 17.8 Å². The molecule has 1 heterocycles. The number of aryl methyl sites for hydroxylation is 1. The molecule has 1 aliphatic carbocycles. The Balaban J connectivity index is 1.99. The Morgan fingerprint density at radius 2 is 2.00 bits per heavy atom.